The van der Waals surface area contributed by atoms with Gasteiger partial charge in [0.1, 0.15) is 17.2 Å². The van der Waals surface area contributed by atoms with E-state index in [2.05, 4.69) is 9.97 Å². The molecule has 0 fully saturated rings. The van der Waals surface area contributed by atoms with Crippen LogP contribution in [0.5, 0.6) is 0 Å². The van der Waals surface area contributed by atoms with Crippen LogP contribution in [0.4, 0.5) is 4.39 Å². The Morgan fingerprint density at radius 2 is 2.27 bits per heavy atom. The first-order valence-electron chi connectivity index (χ1n) is 4.37. The highest BCUT2D eigenvalue weighted by Gasteiger charge is 2.09. The summed E-state index contributed by atoms with van der Waals surface area (Å²) in [6, 6.07) is 2.84. The number of aromatic amines is 1. The SMILES string of the molecule is Cc1ccc(F)c2nc(CCl)[nH]c(=O)c12. The Labute approximate surface area is 89.9 Å². The van der Waals surface area contributed by atoms with Gasteiger partial charge in [0.2, 0.25) is 0 Å². The second kappa shape index (κ2) is 3.62. The molecule has 0 spiro atoms. The van der Waals surface area contributed by atoms with Crippen molar-refractivity contribution in [3.05, 3.63) is 39.7 Å². The van der Waals surface area contributed by atoms with Crippen molar-refractivity contribution in [3.8, 4) is 0 Å². The summed E-state index contributed by atoms with van der Waals surface area (Å²) >= 11 is 5.54. The van der Waals surface area contributed by atoms with Crippen LogP contribution in [-0.2, 0) is 5.88 Å². The van der Waals surface area contributed by atoms with Crippen molar-refractivity contribution in [2.24, 2.45) is 0 Å². The van der Waals surface area contributed by atoms with Gasteiger partial charge in [-0.1, -0.05) is 6.07 Å². The Morgan fingerprint density at radius 1 is 1.53 bits per heavy atom. The van der Waals surface area contributed by atoms with Crippen molar-refractivity contribution in [2.45, 2.75) is 12.8 Å². The molecule has 15 heavy (non-hydrogen) atoms. The molecule has 3 nitrogen and oxygen atoms in total. The third-order valence-corrected chi connectivity index (χ3v) is 2.45. The summed E-state index contributed by atoms with van der Waals surface area (Å²) in [5.41, 5.74) is 0.420. The first-order chi connectivity index (χ1) is 7.13. The van der Waals surface area contributed by atoms with Crippen molar-refractivity contribution < 1.29 is 4.39 Å². The maximum Gasteiger partial charge on any atom is 0.259 e. The van der Waals surface area contributed by atoms with E-state index in [0.717, 1.165) is 0 Å². The highest BCUT2D eigenvalue weighted by atomic mass is 35.5. The Kier molecular flexibility index (Phi) is 2.44. The van der Waals surface area contributed by atoms with E-state index in [1.165, 1.54) is 6.07 Å². The molecule has 2 rings (SSSR count). The average molecular weight is 227 g/mol. The van der Waals surface area contributed by atoms with Crippen LogP contribution in [0, 0.1) is 12.7 Å². The van der Waals surface area contributed by atoms with Gasteiger partial charge in [0.15, 0.2) is 0 Å². The smallest absolute Gasteiger partial charge is 0.259 e. The maximum absolute atomic E-state index is 13.4. The van der Waals surface area contributed by atoms with Gasteiger partial charge in [0, 0.05) is 0 Å². The Bertz CT molecular complexity index is 579. The molecule has 1 heterocycles. The van der Waals surface area contributed by atoms with E-state index >= 15 is 0 Å². The first kappa shape index (κ1) is 10.1. The molecule has 2 aromatic rings. The lowest BCUT2D eigenvalue weighted by Gasteiger charge is -2.03. The Morgan fingerprint density at radius 3 is 2.93 bits per heavy atom. The minimum absolute atomic E-state index is 0.0541. The lowest BCUT2D eigenvalue weighted by molar-refractivity contribution is 0.635. The summed E-state index contributed by atoms with van der Waals surface area (Å²) in [4.78, 5) is 18.1. The van der Waals surface area contributed by atoms with Gasteiger partial charge in [0.25, 0.3) is 5.56 Å². The minimum Gasteiger partial charge on any atom is -0.309 e. The topological polar surface area (TPSA) is 45.8 Å². The number of benzene rings is 1. The molecule has 0 aliphatic rings. The highest BCUT2D eigenvalue weighted by molar-refractivity contribution is 6.16. The fourth-order valence-corrected chi connectivity index (χ4v) is 1.61. The number of nitrogens with one attached hydrogen (secondary N) is 1. The Balaban J connectivity index is 2.97. The number of hydrogen-bond acceptors (Lipinski definition) is 2. The lowest BCUT2D eigenvalue weighted by atomic mass is 10.1. The molecule has 0 saturated heterocycles. The monoisotopic (exact) mass is 226 g/mol. The van der Waals surface area contributed by atoms with E-state index < -0.39 is 5.82 Å². The number of fused-ring (bicyclic) bond motifs is 1. The third-order valence-electron chi connectivity index (χ3n) is 2.20. The van der Waals surface area contributed by atoms with E-state index in [1.807, 2.05) is 0 Å². The van der Waals surface area contributed by atoms with Gasteiger partial charge in [-0.3, -0.25) is 4.79 Å². The van der Waals surface area contributed by atoms with E-state index in [9.17, 15) is 9.18 Å². The van der Waals surface area contributed by atoms with Gasteiger partial charge in [-0.15, -0.1) is 11.6 Å². The van der Waals surface area contributed by atoms with E-state index in [0.29, 0.717) is 5.56 Å². The molecule has 5 heteroatoms. The second-order valence-electron chi connectivity index (χ2n) is 3.23. The molecular weight excluding hydrogens is 219 g/mol. The van der Waals surface area contributed by atoms with Gasteiger partial charge in [-0.05, 0) is 18.6 Å². The lowest BCUT2D eigenvalue weighted by Crippen LogP contribution is -2.13. The molecule has 0 saturated carbocycles. The van der Waals surface area contributed by atoms with Crippen LogP contribution in [0.3, 0.4) is 0 Å². The molecule has 0 aliphatic carbocycles. The van der Waals surface area contributed by atoms with Gasteiger partial charge in [0.05, 0.1) is 11.3 Å². The summed E-state index contributed by atoms with van der Waals surface area (Å²) in [5, 5.41) is 0.281. The van der Waals surface area contributed by atoms with Crippen molar-refractivity contribution in [1.82, 2.24) is 9.97 Å². The number of alkyl halides is 1. The zero-order valence-corrected chi connectivity index (χ0v) is 8.73. The van der Waals surface area contributed by atoms with Crippen LogP contribution in [-0.4, -0.2) is 9.97 Å². The van der Waals surface area contributed by atoms with Gasteiger partial charge in [-0.25, -0.2) is 9.37 Å². The van der Waals surface area contributed by atoms with E-state index in [4.69, 9.17) is 11.6 Å². The molecular formula is C10H8ClFN2O. The molecule has 78 valence electrons. The van der Waals surface area contributed by atoms with Gasteiger partial charge >= 0.3 is 0 Å². The molecule has 0 amide bonds. The largest absolute Gasteiger partial charge is 0.309 e. The fourth-order valence-electron chi connectivity index (χ4n) is 1.48. The van der Waals surface area contributed by atoms with Crippen molar-refractivity contribution in [3.63, 3.8) is 0 Å². The average Bonchev–Trinajstić information content (AvgIpc) is 2.23. The molecule has 0 unspecified atom stereocenters. The number of aromatic nitrogens is 2. The zero-order valence-electron chi connectivity index (χ0n) is 7.97. The van der Waals surface area contributed by atoms with Gasteiger partial charge < -0.3 is 4.98 Å². The summed E-state index contributed by atoms with van der Waals surface area (Å²) < 4.78 is 13.4. The van der Waals surface area contributed by atoms with Crippen LogP contribution in [0.15, 0.2) is 16.9 Å². The molecule has 0 aliphatic heterocycles. The van der Waals surface area contributed by atoms with Crippen LogP contribution in [0.1, 0.15) is 11.4 Å². The zero-order chi connectivity index (χ0) is 11.0. The molecule has 1 aromatic heterocycles. The number of H-pyrrole nitrogens is 1. The quantitative estimate of drug-likeness (QED) is 0.757. The second-order valence-corrected chi connectivity index (χ2v) is 3.50. The summed E-state index contributed by atoms with van der Waals surface area (Å²) in [6.07, 6.45) is 0. The molecule has 1 N–H and O–H groups in total. The van der Waals surface area contributed by atoms with Crippen molar-refractivity contribution in [1.29, 1.82) is 0 Å². The van der Waals surface area contributed by atoms with Crippen LogP contribution in [0.2, 0.25) is 0 Å². The van der Waals surface area contributed by atoms with Crippen LogP contribution in [0.25, 0.3) is 10.9 Å². The number of halogens is 2. The molecule has 0 atom stereocenters. The molecule has 1 aromatic carbocycles. The third kappa shape index (κ3) is 1.61. The summed E-state index contributed by atoms with van der Waals surface area (Å²) in [6.45, 7) is 1.74. The van der Waals surface area contributed by atoms with Crippen LogP contribution >= 0.6 is 11.6 Å². The Hall–Kier alpha value is -1.42. The predicted molar refractivity (Wildman–Crippen MR) is 56.6 cm³/mol. The van der Waals surface area contributed by atoms with Gasteiger partial charge in [-0.2, -0.15) is 0 Å². The normalized spacial score (nSPS) is 10.9. The van der Waals surface area contributed by atoms with E-state index in [-0.39, 0.29) is 28.2 Å². The summed E-state index contributed by atoms with van der Waals surface area (Å²) in [7, 11) is 0. The number of aryl methyl sites for hydroxylation is 1. The summed E-state index contributed by atoms with van der Waals surface area (Å²) in [5.74, 6) is -0.176. The van der Waals surface area contributed by atoms with E-state index in [1.54, 1.807) is 13.0 Å². The minimum atomic E-state index is -0.506. The van der Waals surface area contributed by atoms with Crippen molar-refractivity contribution >= 4 is 22.5 Å². The fraction of sp³-hybridized carbons (Fsp3) is 0.200. The highest BCUT2D eigenvalue weighted by Crippen LogP contribution is 2.16. The number of rotatable bonds is 1. The first-order valence-corrected chi connectivity index (χ1v) is 4.91. The molecule has 0 bridgehead atoms. The van der Waals surface area contributed by atoms with Crippen molar-refractivity contribution in [2.75, 3.05) is 0 Å². The molecule has 0 radical (unpaired) electrons. The standard InChI is InChI=1S/C10H8ClFN2O/c1-5-2-3-6(12)9-8(5)10(15)14-7(4-11)13-9/h2-3H,4H2,1H3,(H,13,14,15). The van der Waals surface area contributed by atoms with Crippen LogP contribution < -0.4 is 5.56 Å². The predicted octanol–water partition coefficient (Wildman–Crippen LogP) is 2.11. The maximum atomic E-state index is 13.4. The number of nitrogens with zero attached hydrogens (tertiary/aromatic N) is 1. The number of hydrogen-bond donors (Lipinski definition) is 1.